The maximum absolute atomic E-state index is 9.13. The fraction of sp³-hybridized carbons (Fsp3) is 0. The number of nitrogens with zero attached hydrogens (tertiary/aromatic N) is 1. The Labute approximate surface area is 163 Å². The molecule has 0 unspecified atom stereocenters. The lowest BCUT2D eigenvalue weighted by atomic mass is 9.93. The summed E-state index contributed by atoms with van der Waals surface area (Å²) in [5.41, 5.74) is 8.44. The molecule has 0 atom stereocenters. The van der Waals surface area contributed by atoms with Crippen molar-refractivity contribution >= 4 is 21.5 Å². The van der Waals surface area contributed by atoms with E-state index in [1.54, 1.807) is 0 Å². The zero-order valence-corrected chi connectivity index (χ0v) is 15.1. The van der Waals surface area contributed by atoms with Crippen molar-refractivity contribution in [1.29, 1.82) is 5.26 Å². The topological polar surface area (TPSA) is 23.8 Å². The summed E-state index contributed by atoms with van der Waals surface area (Å²) in [5.74, 6) is 0. The molecule has 5 aromatic rings. The summed E-state index contributed by atoms with van der Waals surface area (Å²) in [7, 11) is 0. The van der Waals surface area contributed by atoms with Gasteiger partial charge in [0.25, 0.3) is 0 Å². The smallest absolute Gasteiger partial charge is 0.0991 e. The molecule has 1 heteroatoms. The Hall–Kier alpha value is -3.89. The first-order chi connectivity index (χ1) is 13.8. The van der Waals surface area contributed by atoms with Crippen molar-refractivity contribution in [2.24, 2.45) is 0 Å². The maximum Gasteiger partial charge on any atom is 0.0991 e. The lowest BCUT2D eigenvalue weighted by molar-refractivity contribution is 1.50. The van der Waals surface area contributed by atoms with E-state index in [0.717, 1.165) is 10.8 Å². The van der Waals surface area contributed by atoms with Crippen LogP contribution in [-0.4, -0.2) is 0 Å². The van der Waals surface area contributed by atoms with Crippen LogP contribution in [0.25, 0.3) is 54.9 Å². The van der Waals surface area contributed by atoms with Gasteiger partial charge in [-0.05, 0) is 73.1 Å². The molecule has 6 rings (SSSR count). The molecular formula is C27H15N. The molecular weight excluding hydrogens is 338 g/mol. The zero-order chi connectivity index (χ0) is 18.7. The van der Waals surface area contributed by atoms with Crippen LogP contribution in [0.15, 0.2) is 91.0 Å². The second-order valence-electron chi connectivity index (χ2n) is 7.32. The molecule has 128 valence electrons. The average molecular weight is 353 g/mol. The standard InChI is InChI=1S/C27H15N/c28-16-17-8-9-19-15-20(11-10-18(19)14-17)21-12-13-26-23-5-2-1-4-22(23)25-7-3-6-24(21)27(25)26/h1-15H. The van der Waals surface area contributed by atoms with Crippen LogP contribution in [-0.2, 0) is 0 Å². The number of fused-ring (bicyclic) bond motifs is 4. The summed E-state index contributed by atoms with van der Waals surface area (Å²) in [6.45, 7) is 0. The summed E-state index contributed by atoms with van der Waals surface area (Å²) in [4.78, 5) is 0. The second-order valence-corrected chi connectivity index (χ2v) is 7.32. The fourth-order valence-electron chi connectivity index (χ4n) is 4.54. The Morgan fingerprint density at radius 1 is 0.536 bits per heavy atom. The number of hydrogen-bond donors (Lipinski definition) is 0. The molecule has 0 bridgehead atoms. The fourth-order valence-corrected chi connectivity index (χ4v) is 4.54. The molecule has 0 aromatic heterocycles. The Morgan fingerprint density at radius 2 is 1.21 bits per heavy atom. The molecule has 28 heavy (non-hydrogen) atoms. The summed E-state index contributed by atoms with van der Waals surface area (Å²) >= 11 is 0. The Balaban J connectivity index is 1.62. The molecule has 0 N–H and O–H groups in total. The van der Waals surface area contributed by atoms with Gasteiger partial charge in [-0.1, -0.05) is 72.8 Å². The van der Waals surface area contributed by atoms with E-state index in [1.165, 1.54) is 44.2 Å². The van der Waals surface area contributed by atoms with Gasteiger partial charge in [0.15, 0.2) is 0 Å². The van der Waals surface area contributed by atoms with Gasteiger partial charge >= 0.3 is 0 Å². The highest BCUT2D eigenvalue weighted by molar-refractivity contribution is 6.18. The first-order valence-electron chi connectivity index (χ1n) is 9.43. The minimum atomic E-state index is 0.698. The van der Waals surface area contributed by atoms with Gasteiger partial charge in [-0.2, -0.15) is 5.26 Å². The van der Waals surface area contributed by atoms with Crippen LogP contribution < -0.4 is 0 Å². The van der Waals surface area contributed by atoms with E-state index in [4.69, 9.17) is 5.26 Å². The highest BCUT2D eigenvalue weighted by Gasteiger charge is 2.21. The Bertz CT molecular complexity index is 1440. The van der Waals surface area contributed by atoms with Gasteiger partial charge in [0.1, 0.15) is 0 Å². The van der Waals surface area contributed by atoms with Crippen LogP contribution in [0.4, 0.5) is 0 Å². The van der Waals surface area contributed by atoms with E-state index in [-0.39, 0.29) is 0 Å². The normalized spacial score (nSPS) is 11.5. The maximum atomic E-state index is 9.13. The molecule has 0 spiro atoms. The van der Waals surface area contributed by atoms with Crippen LogP contribution in [0.5, 0.6) is 0 Å². The third kappa shape index (κ3) is 2.00. The molecule has 0 fully saturated rings. The average Bonchev–Trinajstić information content (AvgIpc) is 3.09. The molecule has 0 amide bonds. The van der Waals surface area contributed by atoms with E-state index >= 15 is 0 Å². The van der Waals surface area contributed by atoms with E-state index in [9.17, 15) is 0 Å². The van der Waals surface area contributed by atoms with Crippen molar-refractivity contribution in [3.63, 3.8) is 0 Å². The molecule has 0 saturated heterocycles. The van der Waals surface area contributed by atoms with E-state index in [2.05, 4.69) is 78.9 Å². The lowest BCUT2D eigenvalue weighted by Gasteiger charge is -2.11. The lowest BCUT2D eigenvalue weighted by Crippen LogP contribution is -1.84. The molecule has 5 aromatic carbocycles. The number of hydrogen-bond acceptors (Lipinski definition) is 1. The Morgan fingerprint density at radius 3 is 2.04 bits per heavy atom. The van der Waals surface area contributed by atoms with Crippen molar-refractivity contribution in [2.75, 3.05) is 0 Å². The van der Waals surface area contributed by atoms with Crippen molar-refractivity contribution in [1.82, 2.24) is 0 Å². The summed E-state index contributed by atoms with van der Waals surface area (Å²) in [6, 6.07) is 34.4. The Kier molecular flexibility index (Phi) is 3.01. The summed E-state index contributed by atoms with van der Waals surface area (Å²) < 4.78 is 0. The number of nitriles is 1. The van der Waals surface area contributed by atoms with Crippen LogP contribution in [0.1, 0.15) is 5.56 Å². The SMILES string of the molecule is N#Cc1ccc2cc(-c3ccc4c5c(cccc35)-c3ccccc3-4)ccc2c1. The van der Waals surface area contributed by atoms with Crippen LogP contribution in [0.2, 0.25) is 0 Å². The number of benzene rings is 5. The summed E-state index contributed by atoms with van der Waals surface area (Å²) in [5, 5.41) is 14.0. The largest absolute Gasteiger partial charge is 0.192 e. The van der Waals surface area contributed by atoms with E-state index < -0.39 is 0 Å². The highest BCUT2D eigenvalue weighted by Crippen LogP contribution is 2.49. The molecule has 1 aliphatic carbocycles. The monoisotopic (exact) mass is 353 g/mol. The van der Waals surface area contributed by atoms with Gasteiger partial charge in [0, 0.05) is 0 Å². The summed E-state index contributed by atoms with van der Waals surface area (Å²) in [6.07, 6.45) is 0. The van der Waals surface area contributed by atoms with Gasteiger partial charge in [-0.3, -0.25) is 0 Å². The van der Waals surface area contributed by atoms with Crippen LogP contribution >= 0.6 is 0 Å². The number of rotatable bonds is 1. The minimum Gasteiger partial charge on any atom is -0.192 e. The first-order valence-corrected chi connectivity index (χ1v) is 9.43. The molecule has 0 aliphatic heterocycles. The van der Waals surface area contributed by atoms with Crippen LogP contribution in [0, 0.1) is 11.3 Å². The first kappa shape index (κ1) is 15.2. The van der Waals surface area contributed by atoms with Crippen molar-refractivity contribution in [2.45, 2.75) is 0 Å². The molecule has 1 nitrogen and oxygen atoms in total. The molecule has 1 aliphatic rings. The second kappa shape index (κ2) is 5.55. The molecule has 0 heterocycles. The zero-order valence-electron chi connectivity index (χ0n) is 15.1. The molecule has 0 radical (unpaired) electrons. The van der Waals surface area contributed by atoms with Crippen LogP contribution in [0.3, 0.4) is 0 Å². The third-order valence-corrected chi connectivity index (χ3v) is 5.83. The van der Waals surface area contributed by atoms with Crippen molar-refractivity contribution in [3.8, 4) is 39.4 Å². The van der Waals surface area contributed by atoms with Gasteiger partial charge in [0.2, 0.25) is 0 Å². The van der Waals surface area contributed by atoms with Crippen molar-refractivity contribution < 1.29 is 0 Å². The predicted molar refractivity (Wildman–Crippen MR) is 116 cm³/mol. The van der Waals surface area contributed by atoms with Gasteiger partial charge in [-0.25, -0.2) is 0 Å². The molecule has 0 saturated carbocycles. The highest BCUT2D eigenvalue weighted by atomic mass is 14.3. The van der Waals surface area contributed by atoms with E-state index in [1.807, 2.05) is 18.2 Å². The minimum absolute atomic E-state index is 0.698. The van der Waals surface area contributed by atoms with Gasteiger partial charge < -0.3 is 0 Å². The third-order valence-electron chi connectivity index (χ3n) is 5.83. The van der Waals surface area contributed by atoms with Gasteiger partial charge in [-0.15, -0.1) is 0 Å². The van der Waals surface area contributed by atoms with Crippen molar-refractivity contribution in [3.05, 3.63) is 96.6 Å². The van der Waals surface area contributed by atoms with E-state index in [0.29, 0.717) is 5.56 Å². The van der Waals surface area contributed by atoms with Gasteiger partial charge in [0.05, 0.1) is 11.6 Å². The quantitative estimate of drug-likeness (QED) is 0.307. The predicted octanol–water partition coefficient (Wildman–Crippen LogP) is 7.18.